The van der Waals surface area contributed by atoms with E-state index >= 15 is 0 Å². The van der Waals surface area contributed by atoms with Crippen LogP contribution in [0.3, 0.4) is 0 Å². The number of allylic oxidation sites excluding steroid dienone is 5. The van der Waals surface area contributed by atoms with E-state index in [1.165, 1.54) is 62.5 Å². The monoisotopic (exact) mass is 320 g/mol. The van der Waals surface area contributed by atoms with Crippen LogP contribution in [-0.4, -0.2) is 0 Å². The molecule has 4 aliphatic rings. The first-order valence-corrected chi connectivity index (χ1v) is 10.1. The zero-order valence-electron chi connectivity index (χ0n) is 15.8. The van der Waals surface area contributed by atoms with Crippen LogP contribution in [0.4, 0.5) is 0 Å². The van der Waals surface area contributed by atoms with Gasteiger partial charge < -0.3 is 0 Å². The van der Waals surface area contributed by atoms with Crippen LogP contribution in [0.25, 0.3) is 0 Å². The second-order valence-corrected chi connectivity index (χ2v) is 8.94. The summed E-state index contributed by atoms with van der Waals surface area (Å²) in [6, 6.07) is 0. The van der Waals surface area contributed by atoms with Gasteiger partial charge in [0, 0.05) is 11.0 Å². The predicted octanol–water partition coefficient (Wildman–Crippen LogP) is 6.46. The first-order chi connectivity index (χ1) is 11.5. The van der Waals surface area contributed by atoms with Gasteiger partial charge in [0.2, 0.25) is 0 Å². The van der Waals surface area contributed by atoms with Crippen molar-refractivity contribution in [2.45, 2.75) is 72.1 Å². The summed E-state index contributed by atoms with van der Waals surface area (Å²) in [5.74, 6) is 9.32. The van der Waals surface area contributed by atoms with Gasteiger partial charge in [-0.2, -0.15) is 0 Å². The van der Waals surface area contributed by atoms with Crippen LogP contribution in [0.2, 0.25) is 0 Å². The highest BCUT2D eigenvalue weighted by Gasteiger charge is 2.57. The molecule has 0 aliphatic heterocycles. The van der Waals surface area contributed by atoms with Gasteiger partial charge in [0.15, 0.2) is 0 Å². The highest BCUT2D eigenvalue weighted by molar-refractivity contribution is 5.41. The summed E-state index contributed by atoms with van der Waals surface area (Å²) in [5, 5.41) is 0. The lowest BCUT2D eigenvalue weighted by molar-refractivity contribution is -0.0338. The average molecular weight is 321 g/mol. The smallest absolute Gasteiger partial charge is 0.00608 e. The van der Waals surface area contributed by atoms with Gasteiger partial charge in [0.05, 0.1) is 0 Å². The third-order valence-electron chi connectivity index (χ3n) is 8.29. The zero-order valence-corrected chi connectivity index (χ0v) is 15.8. The molecule has 0 heterocycles. The molecule has 0 saturated heterocycles. The second-order valence-electron chi connectivity index (χ2n) is 8.94. The average Bonchev–Trinajstić information content (AvgIpc) is 2.95. The van der Waals surface area contributed by atoms with Crippen LogP contribution in [0.1, 0.15) is 72.1 Å². The molecule has 0 spiro atoms. The molecule has 0 N–H and O–H groups in total. The second kappa shape index (κ2) is 5.66. The van der Waals surface area contributed by atoms with Gasteiger partial charge in [-0.15, -0.1) is 5.92 Å². The third-order valence-corrected chi connectivity index (χ3v) is 8.29. The molecular weight excluding hydrogens is 288 g/mol. The van der Waals surface area contributed by atoms with Crippen molar-refractivity contribution in [3.05, 3.63) is 35.5 Å². The molecule has 0 aromatic heterocycles. The Morgan fingerprint density at radius 2 is 2.04 bits per heavy atom. The molecule has 0 amide bonds. The van der Waals surface area contributed by atoms with Gasteiger partial charge in [0.25, 0.3) is 0 Å². The number of fused-ring (bicyclic) bond motifs is 5. The Bertz CT molecular complexity index is 679. The molecule has 0 heteroatoms. The largest absolute Gasteiger partial charge is 0.102 e. The van der Waals surface area contributed by atoms with Crippen LogP contribution in [0, 0.1) is 40.4 Å². The number of hydrogen-bond acceptors (Lipinski definition) is 0. The van der Waals surface area contributed by atoms with Crippen LogP contribution in [0.15, 0.2) is 35.5 Å². The van der Waals surface area contributed by atoms with E-state index in [-0.39, 0.29) is 0 Å². The first-order valence-electron chi connectivity index (χ1n) is 10.1. The van der Waals surface area contributed by atoms with E-state index < -0.39 is 0 Å². The van der Waals surface area contributed by atoms with Crippen molar-refractivity contribution in [1.82, 2.24) is 0 Å². The zero-order chi connectivity index (χ0) is 16.9. The standard InChI is InChI=1S/C24H32/c1-5-7-18-9-11-22-20-10-8-19-16-17(3)12-14-23(19,4)21(20)13-15-24(18,22)6-2/h9,16,20-22H,3,6,8,10-15H2,1-2,4H3. The summed E-state index contributed by atoms with van der Waals surface area (Å²) >= 11 is 0. The molecule has 128 valence electrons. The van der Waals surface area contributed by atoms with Crippen molar-refractivity contribution in [2.24, 2.45) is 28.6 Å². The van der Waals surface area contributed by atoms with Crippen LogP contribution >= 0.6 is 0 Å². The molecule has 4 aliphatic carbocycles. The summed E-state index contributed by atoms with van der Waals surface area (Å²) in [4.78, 5) is 0. The van der Waals surface area contributed by atoms with Gasteiger partial charge in [0.1, 0.15) is 0 Å². The summed E-state index contributed by atoms with van der Waals surface area (Å²) in [5.41, 5.74) is 5.43. The molecule has 0 bridgehead atoms. The summed E-state index contributed by atoms with van der Waals surface area (Å²) in [6.07, 6.45) is 15.5. The van der Waals surface area contributed by atoms with E-state index in [9.17, 15) is 0 Å². The van der Waals surface area contributed by atoms with Crippen molar-refractivity contribution >= 4 is 0 Å². The lowest BCUT2D eigenvalue weighted by Gasteiger charge is -2.58. The fraction of sp³-hybridized carbons (Fsp3) is 0.667. The highest BCUT2D eigenvalue weighted by Crippen LogP contribution is 2.66. The van der Waals surface area contributed by atoms with Crippen molar-refractivity contribution in [3.8, 4) is 11.8 Å². The number of hydrogen-bond donors (Lipinski definition) is 0. The molecule has 24 heavy (non-hydrogen) atoms. The van der Waals surface area contributed by atoms with Gasteiger partial charge in [-0.3, -0.25) is 0 Å². The van der Waals surface area contributed by atoms with E-state index in [0.717, 1.165) is 17.8 Å². The lowest BCUT2D eigenvalue weighted by atomic mass is 9.46. The summed E-state index contributed by atoms with van der Waals surface area (Å²) in [7, 11) is 0. The van der Waals surface area contributed by atoms with Gasteiger partial charge >= 0.3 is 0 Å². The van der Waals surface area contributed by atoms with E-state index in [2.05, 4.69) is 44.4 Å². The topological polar surface area (TPSA) is 0 Å². The van der Waals surface area contributed by atoms with Crippen LogP contribution in [0.5, 0.6) is 0 Å². The van der Waals surface area contributed by atoms with Crippen LogP contribution in [-0.2, 0) is 0 Å². The number of rotatable bonds is 1. The van der Waals surface area contributed by atoms with Gasteiger partial charge in [-0.05, 0) is 81.5 Å². The Hall–Kier alpha value is -1.22. The lowest BCUT2D eigenvalue weighted by Crippen LogP contribution is -2.50. The maximum atomic E-state index is 4.25. The Labute approximate surface area is 148 Å². The molecule has 5 atom stereocenters. The van der Waals surface area contributed by atoms with Crippen molar-refractivity contribution in [2.75, 3.05) is 0 Å². The Morgan fingerprint density at radius 3 is 2.79 bits per heavy atom. The van der Waals surface area contributed by atoms with Crippen molar-refractivity contribution in [3.63, 3.8) is 0 Å². The molecule has 4 rings (SSSR count). The minimum atomic E-state index is 0.403. The highest BCUT2D eigenvalue weighted by atomic mass is 14.6. The third kappa shape index (κ3) is 2.06. The molecular formula is C24H32. The molecule has 2 fully saturated rings. The fourth-order valence-corrected chi connectivity index (χ4v) is 6.99. The van der Waals surface area contributed by atoms with Gasteiger partial charge in [-0.25, -0.2) is 0 Å². The van der Waals surface area contributed by atoms with E-state index in [4.69, 9.17) is 0 Å². The molecule has 0 radical (unpaired) electrons. The maximum absolute atomic E-state index is 4.25. The van der Waals surface area contributed by atoms with Crippen molar-refractivity contribution < 1.29 is 0 Å². The molecule has 0 aromatic rings. The summed E-state index contributed by atoms with van der Waals surface area (Å²) < 4.78 is 0. The van der Waals surface area contributed by atoms with E-state index in [0.29, 0.717) is 10.8 Å². The van der Waals surface area contributed by atoms with Crippen LogP contribution < -0.4 is 0 Å². The predicted molar refractivity (Wildman–Crippen MR) is 102 cm³/mol. The molecule has 2 saturated carbocycles. The van der Waals surface area contributed by atoms with E-state index in [1.54, 1.807) is 5.57 Å². The molecule has 0 nitrogen and oxygen atoms in total. The van der Waals surface area contributed by atoms with E-state index in [1.807, 2.05) is 6.92 Å². The van der Waals surface area contributed by atoms with Gasteiger partial charge in [-0.1, -0.05) is 49.6 Å². The first kappa shape index (κ1) is 16.3. The Balaban J connectivity index is 1.69. The van der Waals surface area contributed by atoms with Crippen molar-refractivity contribution in [1.29, 1.82) is 0 Å². The molecule has 5 unspecified atom stereocenters. The Morgan fingerprint density at radius 1 is 1.21 bits per heavy atom. The maximum Gasteiger partial charge on any atom is 0.00608 e. The Kier molecular flexibility index (Phi) is 3.83. The summed E-state index contributed by atoms with van der Waals surface area (Å²) in [6.45, 7) is 11.2. The minimum absolute atomic E-state index is 0.403. The molecule has 0 aromatic carbocycles. The fourth-order valence-electron chi connectivity index (χ4n) is 6.99. The SMILES string of the molecule is C=C1C=C2CCC3C(CCC4(CC)C(C#CC)=CCC34)C2(C)CC1. The quantitative estimate of drug-likeness (QED) is 0.487. The minimum Gasteiger partial charge on any atom is -0.102 e. The normalized spacial score (nSPS) is 43.6.